The molecule has 0 radical (unpaired) electrons. The third kappa shape index (κ3) is 4.34. The number of carbonyl (C=O) groups is 2. The first kappa shape index (κ1) is 19.1. The molecule has 1 aromatic heterocycles. The Morgan fingerprint density at radius 1 is 1.22 bits per heavy atom. The molecule has 0 aliphatic carbocycles. The molecule has 2 aliphatic heterocycles. The maximum atomic E-state index is 12.5. The number of hydrogen-bond donors (Lipinski definition) is 1. The highest BCUT2D eigenvalue weighted by atomic mass is 19.4. The van der Waals surface area contributed by atoms with Crippen molar-refractivity contribution in [3.8, 4) is 11.5 Å². The number of fused-ring (bicyclic) bond motifs is 1. The molecule has 148 valence electrons. The number of ether oxygens (including phenoxy) is 2. The Kier molecular flexibility index (Phi) is 5.29. The van der Waals surface area contributed by atoms with E-state index in [2.05, 4.69) is 4.98 Å². The van der Waals surface area contributed by atoms with Crippen molar-refractivity contribution in [1.29, 1.82) is 0 Å². The quantitative estimate of drug-likeness (QED) is 0.849. The lowest BCUT2D eigenvalue weighted by atomic mass is 10.0. The molecule has 2 aliphatic rings. The van der Waals surface area contributed by atoms with Crippen LogP contribution in [0.1, 0.15) is 18.5 Å². The number of hydrogen-bond acceptors (Lipinski definition) is 5. The number of likely N-dealkylation sites (tertiary alicyclic amines) is 1. The Labute approximate surface area is 152 Å². The zero-order valence-corrected chi connectivity index (χ0v) is 14.2. The zero-order chi connectivity index (χ0) is 19.6. The largest absolute Gasteiger partial charge is 0.486 e. The molecule has 0 atom stereocenters. The number of nitrogens with zero attached hydrogens (tertiary/aromatic N) is 3. The normalized spacial score (nSPS) is 17.5. The van der Waals surface area contributed by atoms with Crippen LogP contribution < -0.4 is 9.47 Å². The molecule has 0 saturated carbocycles. The highest BCUT2D eigenvalue weighted by Crippen LogP contribution is 2.30. The number of alkyl halides is 3. The van der Waals surface area contributed by atoms with Crippen LogP contribution >= 0.6 is 0 Å². The molecule has 1 fully saturated rings. The van der Waals surface area contributed by atoms with Crippen LogP contribution in [0.5, 0.6) is 11.5 Å². The van der Waals surface area contributed by atoms with Gasteiger partial charge in [0.1, 0.15) is 13.2 Å². The van der Waals surface area contributed by atoms with E-state index in [-0.39, 0.29) is 32.5 Å². The average molecular weight is 389 g/mol. The van der Waals surface area contributed by atoms with E-state index in [0.717, 1.165) is 4.90 Å². The Bertz CT molecular complexity index is 720. The SMILES string of the molecule is O=C(O)N(Cc1cc2c(cn1)OCCO2)C1CCN(C(=O)C(F)(F)F)CC1. The van der Waals surface area contributed by atoms with Gasteiger partial charge in [0.25, 0.3) is 0 Å². The van der Waals surface area contributed by atoms with Gasteiger partial charge in [0.05, 0.1) is 18.4 Å². The number of carbonyl (C=O) groups excluding carboxylic acids is 1. The third-order valence-electron chi connectivity index (χ3n) is 4.50. The first-order chi connectivity index (χ1) is 12.8. The molecule has 2 amide bonds. The smallest absolute Gasteiger partial charge is 0.471 e. The van der Waals surface area contributed by atoms with Crippen molar-refractivity contribution in [2.75, 3.05) is 26.3 Å². The second-order valence-corrected chi connectivity index (χ2v) is 6.25. The van der Waals surface area contributed by atoms with Crippen LogP contribution in [0.4, 0.5) is 18.0 Å². The lowest BCUT2D eigenvalue weighted by Gasteiger charge is -2.37. The lowest BCUT2D eigenvalue weighted by molar-refractivity contribution is -0.186. The van der Waals surface area contributed by atoms with E-state index in [9.17, 15) is 27.9 Å². The van der Waals surface area contributed by atoms with Crippen molar-refractivity contribution in [2.45, 2.75) is 31.6 Å². The third-order valence-corrected chi connectivity index (χ3v) is 4.50. The fourth-order valence-electron chi connectivity index (χ4n) is 3.16. The molecule has 11 heteroatoms. The van der Waals surface area contributed by atoms with E-state index in [1.54, 1.807) is 6.07 Å². The topological polar surface area (TPSA) is 92.2 Å². The fourth-order valence-corrected chi connectivity index (χ4v) is 3.16. The van der Waals surface area contributed by atoms with Gasteiger partial charge >= 0.3 is 18.2 Å². The maximum absolute atomic E-state index is 12.5. The highest BCUT2D eigenvalue weighted by Gasteiger charge is 2.44. The molecule has 3 heterocycles. The number of carboxylic acid groups (broad SMARTS) is 1. The summed E-state index contributed by atoms with van der Waals surface area (Å²) in [5, 5.41) is 9.51. The number of rotatable bonds is 3. The van der Waals surface area contributed by atoms with Crippen LogP contribution in [-0.4, -0.2) is 70.4 Å². The molecule has 1 aromatic rings. The summed E-state index contributed by atoms with van der Waals surface area (Å²) in [7, 11) is 0. The Morgan fingerprint density at radius 3 is 2.44 bits per heavy atom. The fraction of sp³-hybridized carbons (Fsp3) is 0.562. The van der Waals surface area contributed by atoms with Crippen molar-refractivity contribution < 1.29 is 37.3 Å². The molecule has 27 heavy (non-hydrogen) atoms. The van der Waals surface area contributed by atoms with Crippen LogP contribution in [0.25, 0.3) is 0 Å². The molecule has 1 N–H and O–H groups in total. The van der Waals surface area contributed by atoms with Crippen LogP contribution in [0.2, 0.25) is 0 Å². The predicted octanol–water partition coefficient (Wildman–Crippen LogP) is 1.89. The number of halogens is 3. The number of amides is 2. The van der Waals surface area contributed by atoms with E-state index in [0.29, 0.717) is 35.3 Å². The zero-order valence-electron chi connectivity index (χ0n) is 14.2. The van der Waals surface area contributed by atoms with Gasteiger partial charge in [0.2, 0.25) is 0 Å². The van der Waals surface area contributed by atoms with Crippen molar-refractivity contribution in [2.24, 2.45) is 0 Å². The Hall–Kier alpha value is -2.72. The van der Waals surface area contributed by atoms with Gasteiger partial charge in [-0.1, -0.05) is 0 Å². The molecule has 3 rings (SSSR count). The van der Waals surface area contributed by atoms with Gasteiger partial charge < -0.3 is 19.5 Å². The average Bonchev–Trinajstić information content (AvgIpc) is 2.64. The van der Waals surface area contributed by atoms with E-state index in [1.807, 2.05) is 0 Å². The summed E-state index contributed by atoms with van der Waals surface area (Å²) in [6.07, 6.45) is -4.42. The summed E-state index contributed by atoms with van der Waals surface area (Å²) in [6, 6.07) is 1.09. The molecule has 0 spiro atoms. The van der Waals surface area contributed by atoms with E-state index in [1.165, 1.54) is 6.20 Å². The first-order valence-electron chi connectivity index (χ1n) is 8.36. The Morgan fingerprint density at radius 2 is 1.85 bits per heavy atom. The van der Waals surface area contributed by atoms with E-state index >= 15 is 0 Å². The van der Waals surface area contributed by atoms with Gasteiger partial charge in [-0.3, -0.25) is 14.7 Å². The van der Waals surface area contributed by atoms with Crippen molar-refractivity contribution in [3.05, 3.63) is 18.0 Å². The molecule has 0 aromatic carbocycles. The van der Waals surface area contributed by atoms with Crippen LogP contribution in [-0.2, 0) is 11.3 Å². The Balaban J connectivity index is 1.65. The van der Waals surface area contributed by atoms with E-state index in [4.69, 9.17) is 9.47 Å². The first-order valence-corrected chi connectivity index (χ1v) is 8.36. The maximum Gasteiger partial charge on any atom is 0.471 e. The number of piperidine rings is 1. The summed E-state index contributed by atoms with van der Waals surface area (Å²) >= 11 is 0. The van der Waals surface area contributed by atoms with Crippen LogP contribution in [0, 0.1) is 0 Å². The summed E-state index contributed by atoms with van der Waals surface area (Å²) in [5.41, 5.74) is 0.440. The van der Waals surface area contributed by atoms with Crippen molar-refractivity contribution in [3.63, 3.8) is 0 Å². The van der Waals surface area contributed by atoms with Gasteiger partial charge in [-0.05, 0) is 12.8 Å². The monoisotopic (exact) mass is 389 g/mol. The number of aromatic nitrogens is 1. The second-order valence-electron chi connectivity index (χ2n) is 6.25. The summed E-state index contributed by atoms with van der Waals surface area (Å²) in [6.45, 7) is 0.446. The highest BCUT2D eigenvalue weighted by molar-refractivity contribution is 5.82. The molecule has 1 saturated heterocycles. The molecule has 8 nitrogen and oxygen atoms in total. The summed E-state index contributed by atoms with van der Waals surface area (Å²) < 4.78 is 48.4. The lowest BCUT2D eigenvalue weighted by Crippen LogP contribution is -2.51. The minimum atomic E-state index is -4.92. The molecular weight excluding hydrogens is 371 g/mol. The van der Waals surface area contributed by atoms with Crippen LogP contribution in [0.3, 0.4) is 0 Å². The van der Waals surface area contributed by atoms with Gasteiger partial charge in [0.15, 0.2) is 11.5 Å². The minimum Gasteiger partial charge on any atom is -0.486 e. The summed E-state index contributed by atoms with van der Waals surface area (Å²) in [5.74, 6) is -0.940. The summed E-state index contributed by atoms with van der Waals surface area (Å²) in [4.78, 5) is 28.9. The number of pyridine rings is 1. The molecule has 0 unspecified atom stereocenters. The van der Waals surface area contributed by atoms with Gasteiger partial charge in [-0.15, -0.1) is 0 Å². The van der Waals surface area contributed by atoms with E-state index < -0.39 is 24.2 Å². The van der Waals surface area contributed by atoms with Crippen molar-refractivity contribution in [1.82, 2.24) is 14.8 Å². The minimum absolute atomic E-state index is 0.0378. The predicted molar refractivity (Wildman–Crippen MR) is 84.5 cm³/mol. The van der Waals surface area contributed by atoms with Crippen molar-refractivity contribution >= 4 is 12.0 Å². The van der Waals surface area contributed by atoms with Crippen LogP contribution in [0.15, 0.2) is 12.3 Å². The van der Waals surface area contributed by atoms with Gasteiger partial charge in [-0.2, -0.15) is 13.2 Å². The molecular formula is C16H18F3N3O5. The molecule has 0 bridgehead atoms. The second kappa shape index (κ2) is 7.49. The standard InChI is InChI=1S/C16H18F3N3O5/c17-16(18,19)14(23)21-3-1-11(2-4-21)22(15(24)25)9-10-7-12-13(8-20-10)27-6-5-26-12/h7-8,11H,1-6,9H2,(H,24,25). The van der Waals surface area contributed by atoms with Gasteiger partial charge in [-0.25, -0.2) is 4.79 Å². The van der Waals surface area contributed by atoms with Gasteiger partial charge in [0, 0.05) is 25.2 Å².